The molecule has 0 aliphatic heterocycles. The summed E-state index contributed by atoms with van der Waals surface area (Å²) in [6, 6.07) is 12.3. The lowest BCUT2D eigenvalue weighted by atomic mass is 9.87. The zero-order chi connectivity index (χ0) is 23.9. The summed E-state index contributed by atoms with van der Waals surface area (Å²) >= 11 is 3.76. The molecule has 0 amide bonds. The van der Waals surface area contributed by atoms with E-state index in [-0.39, 0.29) is 10.2 Å². The molecule has 0 saturated heterocycles. The number of hydrogen-bond acceptors (Lipinski definition) is 6. The van der Waals surface area contributed by atoms with Crippen LogP contribution < -0.4 is 0 Å². The molecule has 4 aromatic rings. The van der Waals surface area contributed by atoms with Gasteiger partial charge in [0.1, 0.15) is 11.4 Å². The molecule has 1 N–H and O–H groups in total. The molecule has 33 heavy (non-hydrogen) atoms. The first-order valence-electron chi connectivity index (χ1n) is 10.1. The quantitative estimate of drug-likeness (QED) is 0.300. The van der Waals surface area contributed by atoms with Gasteiger partial charge in [-0.05, 0) is 47.4 Å². The Hall–Kier alpha value is -3.53. The minimum atomic E-state index is -1.18. The summed E-state index contributed by atoms with van der Waals surface area (Å²) in [4.78, 5) is 23.5. The van der Waals surface area contributed by atoms with Crippen LogP contribution in [0.2, 0.25) is 0 Å². The van der Waals surface area contributed by atoms with Gasteiger partial charge in [0.15, 0.2) is 0 Å². The smallest absolute Gasteiger partial charge is 0.432 e. The number of halogens is 1. The molecule has 1 unspecified atom stereocenters. The van der Waals surface area contributed by atoms with E-state index in [1.165, 1.54) is 11.8 Å². The zero-order valence-electron chi connectivity index (χ0n) is 18.5. The van der Waals surface area contributed by atoms with Crippen molar-refractivity contribution >= 4 is 38.9 Å². The molecule has 0 spiro atoms. The lowest BCUT2D eigenvalue weighted by Gasteiger charge is -2.26. The van der Waals surface area contributed by atoms with Crippen LogP contribution >= 0.6 is 15.9 Å². The van der Waals surface area contributed by atoms with Crippen LogP contribution in [0.5, 0.6) is 0 Å². The number of alkyl halides is 1. The lowest BCUT2D eigenvalue weighted by molar-refractivity contribution is 0.0600. The van der Waals surface area contributed by atoms with Crippen LogP contribution in [0.4, 0.5) is 4.79 Å². The SMILES string of the molecule is COC(=O)c1ccc(-n2cc(-c3nn(C(=O)O)c4ccc(C(Br)C(C)(C)C)cc34)nn2)cc1. The number of carboxylic acid groups (broad SMARTS) is 1. The van der Waals surface area contributed by atoms with E-state index < -0.39 is 12.1 Å². The van der Waals surface area contributed by atoms with Gasteiger partial charge in [0, 0.05) is 10.2 Å². The third-order valence-electron chi connectivity index (χ3n) is 5.23. The summed E-state index contributed by atoms with van der Waals surface area (Å²) < 4.78 is 7.20. The van der Waals surface area contributed by atoms with E-state index in [1.54, 1.807) is 36.5 Å². The highest BCUT2D eigenvalue weighted by atomic mass is 79.9. The molecule has 0 saturated carbocycles. The average molecular weight is 512 g/mol. The van der Waals surface area contributed by atoms with Crippen molar-refractivity contribution in [3.63, 3.8) is 0 Å². The van der Waals surface area contributed by atoms with E-state index in [0.717, 1.165) is 10.2 Å². The topological polar surface area (TPSA) is 112 Å². The number of fused-ring (bicyclic) bond motifs is 1. The number of ether oxygens (including phenoxy) is 1. The second kappa shape index (κ2) is 8.43. The Morgan fingerprint density at radius 1 is 1.12 bits per heavy atom. The minimum Gasteiger partial charge on any atom is -0.465 e. The Kier molecular flexibility index (Phi) is 5.79. The van der Waals surface area contributed by atoms with Gasteiger partial charge in [0.05, 0.1) is 30.1 Å². The molecule has 170 valence electrons. The third-order valence-corrected chi connectivity index (χ3v) is 7.13. The molecular formula is C23H22BrN5O4. The molecule has 1 atom stereocenters. The second-order valence-electron chi connectivity index (χ2n) is 8.63. The molecule has 0 bridgehead atoms. The third kappa shape index (κ3) is 4.25. The predicted molar refractivity (Wildman–Crippen MR) is 126 cm³/mol. The van der Waals surface area contributed by atoms with Crippen molar-refractivity contribution in [1.29, 1.82) is 0 Å². The van der Waals surface area contributed by atoms with Crippen molar-refractivity contribution in [2.75, 3.05) is 7.11 Å². The fourth-order valence-electron chi connectivity index (χ4n) is 3.50. The average Bonchev–Trinajstić information content (AvgIpc) is 3.42. The van der Waals surface area contributed by atoms with E-state index in [2.05, 4.69) is 52.1 Å². The monoisotopic (exact) mass is 511 g/mol. The molecule has 0 aliphatic carbocycles. The minimum absolute atomic E-state index is 0.0455. The summed E-state index contributed by atoms with van der Waals surface area (Å²) in [6.07, 6.45) is 0.486. The molecule has 0 radical (unpaired) electrons. The summed E-state index contributed by atoms with van der Waals surface area (Å²) in [5, 5.41) is 23.0. The summed E-state index contributed by atoms with van der Waals surface area (Å²) in [5.74, 6) is -0.428. The van der Waals surface area contributed by atoms with Crippen LogP contribution in [0.15, 0.2) is 48.7 Å². The molecule has 2 heterocycles. The van der Waals surface area contributed by atoms with Gasteiger partial charge in [0.25, 0.3) is 0 Å². The highest BCUT2D eigenvalue weighted by molar-refractivity contribution is 9.09. The van der Waals surface area contributed by atoms with Gasteiger partial charge >= 0.3 is 12.1 Å². The first-order valence-corrected chi connectivity index (χ1v) is 11.0. The van der Waals surface area contributed by atoms with Gasteiger partial charge in [-0.3, -0.25) is 0 Å². The molecular weight excluding hydrogens is 490 g/mol. The molecule has 2 aromatic heterocycles. The maximum absolute atomic E-state index is 11.8. The fourth-order valence-corrected chi connectivity index (χ4v) is 3.78. The van der Waals surface area contributed by atoms with Gasteiger partial charge in [-0.1, -0.05) is 48.0 Å². The van der Waals surface area contributed by atoms with Crippen LogP contribution in [0.3, 0.4) is 0 Å². The Morgan fingerprint density at radius 3 is 2.42 bits per heavy atom. The van der Waals surface area contributed by atoms with Crippen molar-refractivity contribution in [3.8, 4) is 17.1 Å². The van der Waals surface area contributed by atoms with Crippen LogP contribution in [-0.4, -0.2) is 49.1 Å². The number of methoxy groups -OCH3 is 1. The first kappa shape index (κ1) is 22.7. The van der Waals surface area contributed by atoms with Crippen molar-refractivity contribution < 1.29 is 19.4 Å². The second-order valence-corrected chi connectivity index (χ2v) is 9.55. The van der Waals surface area contributed by atoms with Crippen LogP contribution in [0, 0.1) is 5.41 Å². The zero-order valence-corrected chi connectivity index (χ0v) is 20.1. The number of aromatic nitrogens is 5. The van der Waals surface area contributed by atoms with Crippen LogP contribution in [0.25, 0.3) is 28.0 Å². The molecule has 10 heteroatoms. The van der Waals surface area contributed by atoms with Crippen molar-refractivity contribution in [2.24, 2.45) is 5.41 Å². The van der Waals surface area contributed by atoms with Gasteiger partial charge in [-0.25, -0.2) is 14.3 Å². The predicted octanol–water partition coefficient (Wildman–Crippen LogP) is 5.08. The largest absolute Gasteiger partial charge is 0.465 e. The van der Waals surface area contributed by atoms with E-state index in [1.807, 2.05) is 12.1 Å². The van der Waals surface area contributed by atoms with Crippen molar-refractivity contribution in [3.05, 3.63) is 59.8 Å². The maximum Gasteiger partial charge on any atom is 0.432 e. The van der Waals surface area contributed by atoms with Gasteiger partial charge in [0.2, 0.25) is 0 Å². The van der Waals surface area contributed by atoms with E-state index in [9.17, 15) is 14.7 Å². The van der Waals surface area contributed by atoms with Gasteiger partial charge < -0.3 is 9.84 Å². The Bertz CT molecular complexity index is 1350. The van der Waals surface area contributed by atoms with Crippen molar-refractivity contribution in [1.82, 2.24) is 24.8 Å². The molecule has 0 aliphatic rings. The van der Waals surface area contributed by atoms with E-state index in [0.29, 0.717) is 33.5 Å². The number of carbonyl (C=O) groups is 2. The van der Waals surface area contributed by atoms with E-state index >= 15 is 0 Å². The lowest BCUT2D eigenvalue weighted by Crippen LogP contribution is -2.13. The summed E-state index contributed by atoms with van der Waals surface area (Å²) in [7, 11) is 1.32. The van der Waals surface area contributed by atoms with Crippen molar-refractivity contribution in [2.45, 2.75) is 25.6 Å². The molecule has 4 rings (SSSR count). The maximum atomic E-state index is 11.8. The number of rotatable bonds is 4. The van der Waals surface area contributed by atoms with Crippen LogP contribution in [-0.2, 0) is 4.74 Å². The molecule has 0 fully saturated rings. The Morgan fingerprint density at radius 2 is 1.82 bits per heavy atom. The number of esters is 1. The number of carbonyl (C=O) groups excluding carboxylic acids is 1. The molecule has 2 aromatic carbocycles. The summed E-state index contributed by atoms with van der Waals surface area (Å²) in [5.41, 5.74) is 3.37. The fraction of sp³-hybridized carbons (Fsp3) is 0.261. The van der Waals surface area contributed by atoms with Crippen LogP contribution in [0.1, 0.15) is 41.5 Å². The number of hydrogen-bond donors (Lipinski definition) is 1. The molecule has 9 nitrogen and oxygen atoms in total. The standard InChI is InChI=1S/C23H22BrN5O4/c1-23(2,3)20(24)14-7-10-18-16(11-14)19(26-29(18)22(31)32)17-12-28(27-25-17)15-8-5-13(6-9-15)21(30)33-4/h5-12,20H,1-4H3,(H,31,32). The normalized spacial score (nSPS) is 12.6. The highest BCUT2D eigenvalue weighted by Crippen LogP contribution is 2.41. The first-order chi connectivity index (χ1) is 15.6. The Balaban J connectivity index is 1.79. The summed E-state index contributed by atoms with van der Waals surface area (Å²) in [6.45, 7) is 6.36. The highest BCUT2D eigenvalue weighted by Gasteiger charge is 2.26. The van der Waals surface area contributed by atoms with Gasteiger partial charge in [-0.2, -0.15) is 9.78 Å². The van der Waals surface area contributed by atoms with Gasteiger partial charge in [-0.15, -0.1) is 5.10 Å². The Labute approximate surface area is 198 Å². The van der Waals surface area contributed by atoms with E-state index in [4.69, 9.17) is 4.74 Å². The number of nitrogens with zero attached hydrogens (tertiary/aromatic N) is 5. The number of benzene rings is 2.